The van der Waals surface area contributed by atoms with E-state index in [4.69, 9.17) is 46.0 Å². The number of carbonyl (C=O) groups excluding carboxylic acids is 4. The fourth-order valence-corrected chi connectivity index (χ4v) is 16.6. The highest BCUT2D eigenvalue weighted by molar-refractivity contribution is 7.86. The number of nitrogens with one attached hydrogen (secondary N) is 3. The zero-order valence-electron chi connectivity index (χ0n) is 53.0. The van der Waals surface area contributed by atoms with Crippen molar-refractivity contribution >= 4 is 70.5 Å². The van der Waals surface area contributed by atoms with Gasteiger partial charge in [0, 0.05) is 31.3 Å². The highest BCUT2D eigenvalue weighted by Gasteiger charge is 2.54. The Morgan fingerprint density at radius 2 is 1.11 bits per heavy atom. The first-order valence-electron chi connectivity index (χ1n) is 32.6. The average Bonchev–Trinajstić information content (AvgIpc) is 1.74. The molecule has 3 atom stereocenters. The van der Waals surface area contributed by atoms with Gasteiger partial charge in [-0.25, -0.2) is 28.0 Å². The van der Waals surface area contributed by atoms with Crippen LogP contribution in [-0.2, 0) is 48.7 Å². The molecule has 0 aromatic carbocycles. The molecule has 10 heterocycles. The van der Waals surface area contributed by atoms with Crippen LogP contribution in [0.25, 0.3) is 0 Å². The van der Waals surface area contributed by atoms with E-state index < -0.39 is 74.0 Å². The Bertz CT molecular complexity index is 2630. The molecule has 8 aliphatic rings. The predicted octanol–water partition coefficient (Wildman–Crippen LogP) is 6.86. The second-order valence-corrected chi connectivity index (χ2v) is 29.9. The molecule has 8 aliphatic heterocycles. The number of unbranched alkanes of at least 4 members (excludes halogenated alkanes) is 3. The molecule has 0 unspecified atom stereocenters. The number of aliphatic carboxylic acids is 1. The van der Waals surface area contributed by atoms with Gasteiger partial charge in [-0.2, -0.15) is 8.42 Å². The lowest BCUT2D eigenvalue weighted by Crippen LogP contribution is -2.60. The molecular weight excluding hydrogens is 1190 g/mol. The molecule has 12 N–H and O–H groups in total. The number of aromatic nitrogens is 4. The highest BCUT2D eigenvalue weighted by atomic mass is 32.2. The van der Waals surface area contributed by atoms with Gasteiger partial charge < -0.3 is 61.8 Å². The summed E-state index contributed by atoms with van der Waals surface area (Å²) >= 11 is 0. The minimum absolute atomic E-state index is 0.0100. The van der Waals surface area contributed by atoms with Crippen LogP contribution in [0.15, 0.2) is 37.4 Å². The van der Waals surface area contributed by atoms with Crippen LogP contribution in [0.2, 0.25) is 34.9 Å². The summed E-state index contributed by atoms with van der Waals surface area (Å²) in [6.07, 6.45) is 39.1. The molecule has 89 heavy (non-hydrogen) atoms. The SMILES string of the molecule is CC(C)(CS(=O)(=O)[O-])OC(=O)NCCCC[C@@H]1N[B-]2(OC1=O)C1CCCC2CCC1.CC(C)(O)CS(=O)(=O)O.NCCCC[C@@H]1N[B-]2(OC1=O)C1CCCC2CCC1.NCCCC[C@H](N)C(=O)O.O=C(n1ccnc1)n1ccnc1.[B]1C2CCCC1CCC2. The number of imidazole rings is 2. The Morgan fingerprint density at radius 3 is 1.45 bits per heavy atom. The van der Waals surface area contributed by atoms with Gasteiger partial charge in [-0.3, -0.25) is 28.1 Å². The summed E-state index contributed by atoms with van der Waals surface area (Å²) in [6.45, 7) is 4.71. The van der Waals surface area contributed by atoms with Crippen LogP contribution >= 0.6 is 0 Å². The quantitative estimate of drug-likeness (QED) is 0.0394. The molecule has 8 fully saturated rings. The number of alkyl carbamates (subject to hydrolysis) is 1. The number of amides is 1. The fourth-order valence-electron chi connectivity index (χ4n) is 14.8. The van der Waals surface area contributed by atoms with Crippen molar-refractivity contribution in [2.45, 2.75) is 265 Å². The third kappa shape index (κ3) is 25.2. The number of hydrogen-bond donors (Lipinski definition) is 9. The summed E-state index contributed by atoms with van der Waals surface area (Å²) in [6, 6.07) is -1.25. The zero-order chi connectivity index (χ0) is 65.5. The van der Waals surface area contributed by atoms with Crippen molar-refractivity contribution in [1.82, 2.24) is 34.9 Å². The van der Waals surface area contributed by atoms with Gasteiger partial charge >= 0.3 is 18.1 Å². The minimum Gasteiger partial charge on any atom is -0.748 e. The van der Waals surface area contributed by atoms with Crippen LogP contribution in [0.5, 0.6) is 0 Å². The standard InChI is InChI=1S/C19H34BN2O7S.C14H26BN2O2.C8H14B.C7H6N4O.C6H14N2O2.C4H10O4S/c1-19(2,13-30(25,26)27)28-18(24)21-12-4-3-11-16-17(23)29-20(22-16)14-7-5-8-15(20)10-6-9-14;16-10-2-1-9-13-14(18)19-15(17-13)11-5-3-6-12(15)8-4-7-11;1-3-7-5-2-6-8(4-1)9-7;12-7(10-3-1-8-5-10)11-4-2-9-6-11;7-4-2-1-3-5(8)6(9)10;1-4(2,5)3-9(6,7)8/h14-16,22H,3-13H2,1-2H3,(H,21,24)(H,25,26,27);11-13,17H,1-10,16H2;7-8H,1-6H2;1-6H;5H,1-4,7-8H2,(H,9,10);5H,3H2,1-2H3,(H,6,7,8)/q2*-1;;;;/p-1/t14?,15?,16-,20?;11?,12?,13-,15?;;;5-;/m00..0./s1. The molecule has 1 amide bonds. The van der Waals surface area contributed by atoms with Gasteiger partial charge in [0.05, 0.1) is 33.6 Å². The van der Waals surface area contributed by atoms with Crippen molar-refractivity contribution in [3.63, 3.8) is 0 Å². The zero-order valence-corrected chi connectivity index (χ0v) is 54.6. The Labute approximate surface area is 528 Å². The van der Waals surface area contributed by atoms with Gasteiger partial charge in [-0.15, -0.1) is 23.3 Å². The predicted molar refractivity (Wildman–Crippen MR) is 341 cm³/mol. The van der Waals surface area contributed by atoms with Crippen LogP contribution in [0, 0.1) is 0 Å². The van der Waals surface area contributed by atoms with Crippen molar-refractivity contribution in [2.75, 3.05) is 31.1 Å². The van der Waals surface area contributed by atoms with E-state index in [-0.39, 0.29) is 30.1 Å². The molecule has 0 saturated carbocycles. The van der Waals surface area contributed by atoms with Crippen LogP contribution in [0.4, 0.5) is 9.59 Å². The normalized spacial score (nSPS) is 27.9. The maximum atomic E-state index is 12.5. The van der Waals surface area contributed by atoms with Gasteiger partial charge in [0.25, 0.3) is 22.1 Å². The lowest BCUT2D eigenvalue weighted by molar-refractivity contribution is -0.139. The maximum absolute atomic E-state index is 12.5. The van der Waals surface area contributed by atoms with E-state index >= 15 is 0 Å². The van der Waals surface area contributed by atoms with Gasteiger partial charge in [-0.1, -0.05) is 140 Å². The molecular formula is C58H103B3N10O16S2-3. The lowest BCUT2D eigenvalue weighted by atomic mass is 9.28. The van der Waals surface area contributed by atoms with Crippen molar-refractivity contribution in [1.29, 1.82) is 0 Å². The number of fused-ring (bicyclic) bond motifs is 2. The van der Waals surface area contributed by atoms with Gasteiger partial charge in [0.2, 0.25) is 13.0 Å². The highest BCUT2D eigenvalue weighted by Crippen LogP contribution is 2.55. The summed E-state index contributed by atoms with van der Waals surface area (Å²) < 4.78 is 80.5. The van der Waals surface area contributed by atoms with E-state index in [1.54, 1.807) is 24.8 Å². The second-order valence-electron chi connectivity index (χ2n) is 27.0. The van der Waals surface area contributed by atoms with Crippen LogP contribution < -0.4 is 33.0 Å². The lowest BCUT2D eigenvalue weighted by Gasteiger charge is -2.55. The molecule has 2 aromatic rings. The molecule has 31 heteroatoms. The van der Waals surface area contributed by atoms with Gasteiger partial charge in [0.1, 0.15) is 37.3 Å². The Kier molecular flexibility index (Phi) is 30.1. The molecule has 26 nitrogen and oxygen atoms in total. The molecule has 0 aliphatic carbocycles. The average molecular weight is 1290 g/mol. The first-order chi connectivity index (χ1) is 42.0. The third-order valence-electron chi connectivity index (χ3n) is 18.7. The van der Waals surface area contributed by atoms with Crippen molar-refractivity contribution in [3.05, 3.63) is 37.4 Å². The van der Waals surface area contributed by atoms with E-state index in [0.29, 0.717) is 62.2 Å². The Balaban J connectivity index is 0.000000209. The minimum atomic E-state index is -4.49. The van der Waals surface area contributed by atoms with E-state index in [2.05, 4.69) is 33.0 Å². The fraction of sp³-hybridized carbons (Fsp3) is 0.810. The monoisotopic (exact) mass is 1290 g/mol. The summed E-state index contributed by atoms with van der Waals surface area (Å²) in [5.41, 5.74) is 13.2. The first-order valence-corrected chi connectivity index (χ1v) is 35.8. The largest absolute Gasteiger partial charge is 0.748 e. The molecule has 8 saturated heterocycles. The van der Waals surface area contributed by atoms with E-state index in [1.165, 1.54) is 139 Å². The Morgan fingerprint density at radius 1 is 0.708 bits per heavy atom. The van der Waals surface area contributed by atoms with Crippen molar-refractivity contribution in [2.24, 2.45) is 17.2 Å². The number of aliphatic hydroxyl groups is 1. The van der Waals surface area contributed by atoms with Gasteiger partial charge in [-0.05, 0) is 85.7 Å². The van der Waals surface area contributed by atoms with Crippen LogP contribution in [0.3, 0.4) is 0 Å². The third-order valence-corrected chi connectivity index (χ3v) is 20.8. The molecule has 2 aromatic heterocycles. The molecule has 10 rings (SSSR count). The van der Waals surface area contributed by atoms with E-state index in [1.807, 2.05) is 0 Å². The van der Waals surface area contributed by atoms with Crippen LogP contribution in [0.1, 0.15) is 201 Å². The van der Waals surface area contributed by atoms with E-state index in [9.17, 15) is 45.4 Å². The molecule has 2 spiro atoms. The van der Waals surface area contributed by atoms with Gasteiger partial charge in [0.15, 0.2) is 0 Å². The number of ether oxygens (including phenoxy) is 1. The molecule has 505 valence electrons. The molecule has 6 bridgehead atoms. The summed E-state index contributed by atoms with van der Waals surface area (Å²) in [5.74, 6) is 1.75. The van der Waals surface area contributed by atoms with Crippen molar-refractivity contribution < 1.29 is 74.2 Å². The smallest absolute Gasteiger partial charge is 0.407 e. The second kappa shape index (κ2) is 35.5. The first kappa shape index (κ1) is 75.3. The Hall–Kier alpha value is -4.46. The van der Waals surface area contributed by atoms with E-state index in [0.717, 1.165) is 75.8 Å². The van der Waals surface area contributed by atoms with Crippen LogP contribution in [-0.4, -0.2) is 166 Å². The summed E-state index contributed by atoms with van der Waals surface area (Å²) in [5, 5.41) is 27.0. The number of hydrogen-bond acceptors (Lipinski definition) is 21. The summed E-state index contributed by atoms with van der Waals surface area (Å²) in [4.78, 5) is 65.6. The number of carbonyl (C=O) groups is 5. The topological polar surface area (TPSA) is 415 Å². The number of carboxylic acids is 1. The number of nitrogens with zero attached hydrogens (tertiary/aromatic N) is 4. The number of nitrogens with two attached hydrogens (primary N) is 3. The maximum Gasteiger partial charge on any atom is 0.407 e. The summed E-state index contributed by atoms with van der Waals surface area (Å²) in [7, 11) is -5.91. The van der Waals surface area contributed by atoms with Crippen molar-refractivity contribution in [3.8, 4) is 0 Å². The molecule has 1 radical (unpaired) electrons. The number of carboxylic acid groups (broad SMARTS) is 1. The number of rotatable bonds is 19.